The van der Waals surface area contributed by atoms with Gasteiger partial charge in [0.25, 0.3) is 0 Å². The molecule has 0 fully saturated rings. The fraction of sp³-hybridized carbons (Fsp3) is 0.250. The van der Waals surface area contributed by atoms with E-state index in [1.54, 1.807) is 0 Å². The number of halogens is 1. The minimum absolute atomic E-state index is 0.677. The Hall–Kier alpha value is -1.33. The zero-order valence-electron chi connectivity index (χ0n) is 9.57. The Kier molecular flexibility index (Phi) is 2.97. The molecule has 1 heterocycles. The van der Waals surface area contributed by atoms with Gasteiger partial charge in [-0.2, -0.15) is 0 Å². The van der Waals surface area contributed by atoms with Gasteiger partial charge in [-0.3, -0.25) is 4.79 Å². The largest absolute Gasteiger partial charge is 0.480 e. The fourth-order valence-electron chi connectivity index (χ4n) is 2.09. The van der Waals surface area contributed by atoms with Crippen molar-refractivity contribution in [2.75, 3.05) is 0 Å². The Morgan fingerprint density at radius 2 is 2.18 bits per heavy atom. The molecule has 0 saturated heterocycles. The molecule has 0 bridgehead atoms. The van der Waals surface area contributed by atoms with Crippen molar-refractivity contribution in [1.29, 1.82) is 0 Å². The number of nitrogens with zero attached hydrogens (tertiary/aromatic N) is 1. The predicted molar refractivity (Wildman–Crippen MR) is 69.9 cm³/mol. The molecule has 0 amide bonds. The van der Waals surface area contributed by atoms with Gasteiger partial charge in [-0.25, -0.2) is 0 Å². The highest BCUT2D eigenvalue weighted by Gasteiger charge is 2.22. The number of carboxylic acid groups (broad SMARTS) is 1. The summed E-state index contributed by atoms with van der Waals surface area (Å²) in [5.41, 5.74) is 8.28. The molecule has 0 radical (unpaired) electrons. The first-order valence-corrected chi connectivity index (χ1v) is 5.95. The van der Waals surface area contributed by atoms with Crippen molar-refractivity contribution in [2.45, 2.75) is 13.0 Å². The quantitative estimate of drug-likeness (QED) is 0.894. The lowest BCUT2D eigenvalue weighted by atomic mass is 10.0. The maximum Gasteiger partial charge on any atom is 0.325 e. The molecule has 1 aromatic heterocycles. The molecule has 0 saturated carbocycles. The molecule has 1 aromatic carbocycles. The Labute approximate surface area is 107 Å². The van der Waals surface area contributed by atoms with E-state index in [1.807, 2.05) is 36.7 Å². The normalized spacial score (nSPS) is 12.9. The van der Waals surface area contributed by atoms with Crippen molar-refractivity contribution in [2.24, 2.45) is 12.8 Å². The second-order valence-electron chi connectivity index (χ2n) is 4.04. The number of carboxylic acids is 1. The highest BCUT2D eigenvalue weighted by atomic mass is 79.9. The second-order valence-corrected chi connectivity index (χ2v) is 4.95. The second kappa shape index (κ2) is 4.16. The fourth-order valence-corrected chi connectivity index (χ4v) is 2.45. The van der Waals surface area contributed by atoms with Crippen molar-refractivity contribution in [3.63, 3.8) is 0 Å². The minimum atomic E-state index is -1.01. The molecule has 90 valence electrons. The van der Waals surface area contributed by atoms with Gasteiger partial charge in [0, 0.05) is 33.7 Å². The van der Waals surface area contributed by atoms with E-state index in [0.29, 0.717) is 5.56 Å². The number of benzene rings is 1. The van der Waals surface area contributed by atoms with Gasteiger partial charge < -0.3 is 15.4 Å². The molecular weight excluding hydrogens is 284 g/mol. The summed E-state index contributed by atoms with van der Waals surface area (Å²) in [6, 6.07) is 4.79. The molecule has 0 aliphatic rings. The first-order chi connectivity index (χ1) is 7.93. The van der Waals surface area contributed by atoms with Crippen LogP contribution in [0.25, 0.3) is 10.9 Å². The molecule has 1 atom stereocenters. The molecule has 0 spiro atoms. The number of hydrogen-bond donors (Lipinski definition) is 2. The predicted octanol–water partition coefficient (Wildman–Crippen LogP) is 2.33. The molecule has 4 nitrogen and oxygen atoms in total. The standard InChI is InChI=1S/C12H13BrN2O2/c1-6-10(11(14)12(16)17)8-5-7(13)3-4-9(8)15(6)2/h3-5,11H,14H2,1-2H3,(H,16,17). The Balaban J connectivity index is 2.81. The van der Waals surface area contributed by atoms with Crippen LogP contribution in [0, 0.1) is 6.92 Å². The van der Waals surface area contributed by atoms with Crippen LogP contribution in [0.3, 0.4) is 0 Å². The summed E-state index contributed by atoms with van der Waals surface area (Å²) in [7, 11) is 1.91. The van der Waals surface area contributed by atoms with Crippen molar-refractivity contribution in [3.8, 4) is 0 Å². The van der Waals surface area contributed by atoms with E-state index in [0.717, 1.165) is 21.1 Å². The number of fused-ring (bicyclic) bond motifs is 1. The van der Waals surface area contributed by atoms with E-state index in [9.17, 15) is 4.79 Å². The summed E-state index contributed by atoms with van der Waals surface area (Å²) in [6.07, 6.45) is 0. The molecule has 5 heteroatoms. The van der Waals surface area contributed by atoms with Gasteiger partial charge >= 0.3 is 5.97 Å². The van der Waals surface area contributed by atoms with Crippen LogP contribution in [0.2, 0.25) is 0 Å². The van der Waals surface area contributed by atoms with Gasteiger partial charge in [-0.15, -0.1) is 0 Å². The third-order valence-electron chi connectivity index (χ3n) is 3.08. The van der Waals surface area contributed by atoms with Gasteiger partial charge in [0.15, 0.2) is 0 Å². The molecule has 0 aliphatic heterocycles. The average Bonchev–Trinajstić information content (AvgIpc) is 2.50. The van der Waals surface area contributed by atoms with Crippen molar-refractivity contribution < 1.29 is 9.90 Å². The van der Waals surface area contributed by atoms with Crippen molar-refractivity contribution in [3.05, 3.63) is 33.9 Å². The lowest BCUT2D eigenvalue weighted by molar-refractivity contribution is -0.138. The van der Waals surface area contributed by atoms with Gasteiger partial charge in [0.1, 0.15) is 6.04 Å². The zero-order valence-corrected chi connectivity index (χ0v) is 11.2. The third kappa shape index (κ3) is 1.85. The van der Waals surface area contributed by atoms with E-state index in [1.165, 1.54) is 0 Å². The smallest absolute Gasteiger partial charge is 0.325 e. The summed E-state index contributed by atoms with van der Waals surface area (Å²) >= 11 is 3.39. The monoisotopic (exact) mass is 296 g/mol. The first kappa shape index (κ1) is 12.1. The van der Waals surface area contributed by atoms with Crippen LogP contribution < -0.4 is 5.73 Å². The van der Waals surface area contributed by atoms with E-state index < -0.39 is 12.0 Å². The summed E-state index contributed by atoms with van der Waals surface area (Å²) in [6.45, 7) is 1.88. The van der Waals surface area contributed by atoms with Crippen LogP contribution in [-0.2, 0) is 11.8 Å². The molecule has 2 aromatic rings. The van der Waals surface area contributed by atoms with Crippen LogP contribution in [0.15, 0.2) is 22.7 Å². The Bertz CT molecular complexity index is 604. The summed E-state index contributed by atoms with van der Waals surface area (Å²) in [4.78, 5) is 11.0. The topological polar surface area (TPSA) is 68.2 Å². The van der Waals surface area contributed by atoms with Gasteiger partial charge in [-0.05, 0) is 25.1 Å². The summed E-state index contributed by atoms with van der Waals surface area (Å²) in [5.74, 6) is -1.01. The highest BCUT2D eigenvalue weighted by Crippen LogP contribution is 2.31. The number of aryl methyl sites for hydroxylation is 1. The average molecular weight is 297 g/mol. The highest BCUT2D eigenvalue weighted by molar-refractivity contribution is 9.10. The first-order valence-electron chi connectivity index (χ1n) is 5.16. The van der Waals surface area contributed by atoms with E-state index in [4.69, 9.17) is 10.8 Å². The SMILES string of the molecule is Cc1c(C(N)C(=O)O)c2cc(Br)ccc2n1C. The molecule has 2 rings (SSSR count). The molecule has 0 aliphatic carbocycles. The van der Waals surface area contributed by atoms with E-state index in [-0.39, 0.29) is 0 Å². The maximum absolute atomic E-state index is 11.0. The maximum atomic E-state index is 11.0. The molecule has 3 N–H and O–H groups in total. The zero-order chi connectivity index (χ0) is 12.7. The van der Waals surface area contributed by atoms with Crippen LogP contribution in [0.1, 0.15) is 17.3 Å². The Morgan fingerprint density at radius 3 is 2.76 bits per heavy atom. The molecular formula is C12H13BrN2O2. The molecule has 1 unspecified atom stereocenters. The van der Waals surface area contributed by atoms with Crippen molar-refractivity contribution >= 4 is 32.8 Å². The van der Waals surface area contributed by atoms with Gasteiger partial charge in [0.2, 0.25) is 0 Å². The number of aliphatic carboxylic acids is 1. The van der Waals surface area contributed by atoms with Crippen LogP contribution >= 0.6 is 15.9 Å². The van der Waals surface area contributed by atoms with Gasteiger partial charge in [-0.1, -0.05) is 15.9 Å². The minimum Gasteiger partial charge on any atom is -0.480 e. The lowest BCUT2D eigenvalue weighted by Crippen LogP contribution is -2.21. The van der Waals surface area contributed by atoms with Crippen LogP contribution in [0.4, 0.5) is 0 Å². The number of nitrogens with two attached hydrogens (primary N) is 1. The van der Waals surface area contributed by atoms with Crippen LogP contribution in [-0.4, -0.2) is 15.6 Å². The number of hydrogen-bond acceptors (Lipinski definition) is 2. The summed E-state index contributed by atoms with van der Waals surface area (Å²) < 4.78 is 2.87. The summed E-state index contributed by atoms with van der Waals surface area (Å²) in [5, 5.41) is 9.94. The number of carbonyl (C=O) groups is 1. The molecule has 17 heavy (non-hydrogen) atoms. The van der Waals surface area contributed by atoms with Crippen LogP contribution in [0.5, 0.6) is 0 Å². The Morgan fingerprint density at radius 1 is 1.53 bits per heavy atom. The van der Waals surface area contributed by atoms with Crippen molar-refractivity contribution in [1.82, 2.24) is 4.57 Å². The van der Waals surface area contributed by atoms with E-state index >= 15 is 0 Å². The van der Waals surface area contributed by atoms with E-state index in [2.05, 4.69) is 15.9 Å². The third-order valence-corrected chi connectivity index (χ3v) is 3.57. The number of aromatic nitrogens is 1. The number of rotatable bonds is 2. The lowest BCUT2D eigenvalue weighted by Gasteiger charge is -2.07. The van der Waals surface area contributed by atoms with Gasteiger partial charge in [0.05, 0.1) is 0 Å².